The van der Waals surface area contributed by atoms with E-state index in [4.69, 9.17) is 11.6 Å². The molecular weight excluding hydrogens is 477 g/mol. The van der Waals surface area contributed by atoms with Gasteiger partial charge in [0, 0.05) is 23.8 Å². The van der Waals surface area contributed by atoms with Crippen LogP contribution in [0.5, 0.6) is 0 Å². The molecule has 0 fully saturated rings. The maximum atomic E-state index is 12.8. The number of carbonyl (C=O) groups is 1. The van der Waals surface area contributed by atoms with Crippen molar-refractivity contribution in [1.82, 2.24) is 14.8 Å². The van der Waals surface area contributed by atoms with E-state index in [2.05, 4.69) is 15.1 Å². The van der Waals surface area contributed by atoms with Crippen molar-refractivity contribution < 1.29 is 26.4 Å². The first-order valence-electron chi connectivity index (χ1n) is 8.61. The van der Waals surface area contributed by atoms with E-state index in [9.17, 15) is 26.4 Å². The molecule has 0 aliphatic rings. The number of sulfone groups is 1. The third-order valence-corrected chi connectivity index (χ3v) is 7.13. The molecule has 0 saturated carbocycles. The number of nitrogens with zero attached hydrogens (tertiary/aromatic N) is 4. The SMILES string of the molecule is CCS(=O)(=O)c1cc(-c2ccc(Cl)cc2)cnc1C(=O)N=c1sc(C(F)(F)F)nn1C. The summed E-state index contributed by atoms with van der Waals surface area (Å²) in [7, 11) is -2.71. The van der Waals surface area contributed by atoms with Gasteiger partial charge in [0.2, 0.25) is 9.81 Å². The minimum Gasteiger partial charge on any atom is -0.265 e. The molecule has 0 atom stereocenters. The van der Waals surface area contributed by atoms with Crippen molar-refractivity contribution in [1.29, 1.82) is 0 Å². The summed E-state index contributed by atoms with van der Waals surface area (Å²) in [5.41, 5.74) is 0.550. The van der Waals surface area contributed by atoms with Crippen LogP contribution in [0.2, 0.25) is 5.02 Å². The maximum Gasteiger partial charge on any atom is 0.445 e. The van der Waals surface area contributed by atoms with Gasteiger partial charge < -0.3 is 0 Å². The third kappa shape index (κ3) is 5.02. The van der Waals surface area contributed by atoms with Gasteiger partial charge in [0.15, 0.2) is 9.84 Å². The van der Waals surface area contributed by atoms with Gasteiger partial charge in [-0.1, -0.05) is 42.0 Å². The van der Waals surface area contributed by atoms with Gasteiger partial charge in [0.25, 0.3) is 5.91 Å². The van der Waals surface area contributed by atoms with Gasteiger partial charge in [-0.2, -0.15) is 23.3 Å². The molecule has 3 rings (SSSR count). The summed E-state index contributed by atoms with van der Waals surface area (Å²) in [5, 5.41) is 2.59. The Kier molecular flexibility index (Phi) is 6.35. The van der Waals surface area contributed by atoms with Crippen LogP contribution in [0.4, 0.5) is 13.2 Å². The second kappa shape index (κ2) is 8.52. The van der Waals surface area contributed by atoms with Crippen molar-refractivity contribution in [2.75, 3.05) is 5.75 Å². The van der Waals surface area contributed by atoms with Gasteiger partial charge in [-0.05, 0) is 23.8 Å². The van der Waals surface area contributed by atoms with E-state index in [1.807, 2.05) is 0 Å². The van der Waals surface area contributed by atoms with Gasteiger partial charge in [-0.25, -0.2) is 18.1 Å². The number of alkyl halides is 3. The number of carbonyl (C=O) groups excluding carboxylic acids is 1. The average Bonchev–Trinajstić information content (AvgIpc) is 3.09. The summed E-state index contributed by atoms with van der Waals surface area (Å²) < 4.78 is 64.5. The molecule has 3 aromatic rings. The fraction of sp³-hybridized carbons (Fsp3) is 0.222. The van der Waals surface area contributed by atoms with Crippen LogP contribution in [0.1, 0.15) is 22.4 Å². The van der Waals surface area contributed by atoms with Crippen LogP contribution < -0.4 is 4.80 Å². The fourth-order valence-electron chi connectivity index (χ4n) is 2.50. The lowest BCUT2D eigenvalue weighted by molar-refractivity contribution is -0.138. The zero-order chi connectivity index (χ0) is 23.0. The van der Waals surface area contributed by atoms with Crippen LogP contribution in [-0.4, -0.2) is 34.8 Å². The predicted octanol–water partition coefficient (Wildman–Crippen LogP) is 3.75. The average molecular weight is 491 g/mol. The third-order valence-electron chi connectivity index (χ3n) is 4.09. The minimum atomic E-state index is -4.70. The molecule has 1 aromatic carbocycles. The van der Waals surface area contributed by atoms with Crippen molar-refractivity contribution >= 4 is 38.7 Å². The van der Waals surface area contributed by atoms with Crippen LogP contribution >= 0.6 is 22.9 Å². The molecule has 0 radical (unpaired) electrons. The first-order valence-corrected chi connectivity index (χ1v) is 11.5. The molecule has 2 aromatic heterocycles. The number of aromatic nitrogens is 3. The number of halogens is 4. The van der Waals surface area contributed by atoms with Crippen LogP contribution in [0.25, 0.3) is 11.1 Å². The largest absolute Gasteiger partial charge is 0.445 e. The Morgan fingerprint density at radius 1 is 1.23 bits per heavy atom. The number of amides is 1. The van der Waals surface area contributed by atoms with E-state index in [1.54, 1.807) is 24.3 Å². The molecule has 0 N–H and O–H groups in total. The number of pyridine rings is 1. The van der Waals surface area contributed by atoms with Crippen molar-refractivity contribution in [3.63, 3.8) is 0 Å². The molecule has 0 bridgehead atoms. The normalized spacial score (nSPS) is 12.9. The number of hydrogen-bond donors (Lipinski definition) is 0. The molecular formula is C18H14ClF3N4O3S2. The molecule has 1 amide bonds. The van der Waals surface area contributed by atoms with Crippen LogP contribution in [0.3, 0.4) is 0 Å². The molecule has 0 spiro atoms. The Labute approximate surface area is 183 Å². The van der Waals surface area contributed by atoms with E-state index in [0.29, 0.717) is 16.1 Å². The summed E-state index contributed by atoms with van der Waals surface area (Å²) >= 11 is 6.03. The zero-order valence-electron chi connectivity index (χ0n) is 16.0. The Balaban J connectivity index is 2.13. The Bertz CT molecular complexity index is 1310. The van der Waals surface area contributed by atoms with Gasteiger partial charge in [-0.3, -0.25) is 4.79 Å². The van der Waals surface area contributed by atoms with Crippen molar-refractivity contribution in [3.8, 4) is 11.1 Å². The van der Waals surface area contributed by atoms with Gasteiger partial charge in [0.1, 0.15) is 5.69 Å². The highest BCUT2D eigenvalue weighted by Crippen LogP contribution is 2.29. The first kappa shape index (κ1) is 23.1. The molecule has 0 aliphatic heterocycles. The summed E-state index contributed by atoms with van der Waals surface area (Å²) in [4.78, 5) is 19.6. The summed E-state index contributed by atoms with van der Waals surface area (Å²) in [5.74, 6) is -1.41. The smallest absolute Gasteiger partial charge is 0.265 e. The van der Waals surface area contributed by atoms with Crippen LogP contribution in [0.15, 0.2) is 46.4 Å². The van der Waals surface area contributed by atoms with Gasteiger partial charge in [0.05, 0.1) is 10.6 Å². The molecule has 0 saturated heterocycles. The highest BCUT2D eigenvalue weighted by Gasteiger charge is 2.35. The van der Waals surface area contributed by atoms with Gasteiger partial charge in [-0.15, -0.1) is 0 Å². The second-order valence-corrected chi connectivity index (χ2v) is 9.85. The highest BCUT2D eigenvalue weighted by molar-refractivity contribution is 7.91. The number of hydrogen-bond acceptors (Lipinski definition) is 6. The number of benzene rings is 1. The molecule has 31 heavy (non-hydrogen) atoms. The first-order chi connectivity index (χ1) is 14.4. The topological polar surface area (TPSA) is 94.3 Å². The number of rotatable bonds is 4. The van der Waals surface area contributed by atoms with Crippen molar-refractivity contribution in [2.45, 2.75) is 18.0 Å². The highest BCUT2D eigenvalue weighted by atomic mass is 35.5. The molecule has 7 nitrogen and oxygen atoms in total. The van der Waals surface area contributed by atoms with E-state index in [-0.39, 0.29) is 26.8 Å². The summed E-state index contributed by atoms with van der Waals surface area (Å²) in [6.45, 7) is 1.40. The van der Waals surface area contributed by atoms with E-state index in [1.165, 1.54) is 26.2 Å². The zero-order valence-corrected chi connectivity index (χ0v) is 18.4. The minimum absolute atomic E-state index is 0.160. The maximum absolute atomic E-state index is 12.8. The van der Waals surface area contributed by atoms with Crippen LogP contribution in [-0.2, 0) is 23.1 Å². The molecule has 2 heterocycles. The number of aryl methyl sites for hydroxylation is 1. The standard InChI is InChI=1S/C18H14ClF3N4O3S2/c1-3-31(28,29)13-8-11(10-4-6-12(19)7-5-10)9-23-14(13)15(27)24-17-26(2)25-16(30-17)18(20,21)22/h4-9H,3H2,1-2H3. The predicted molar refractivity (Wildman–Crippen MR) is 108 cm³/mol. The Morgan fingerprint density at radius 3 is 2.42 bits per heavy atom. The Morgan fingerprint density at radius 2 is 1.87 bits per heavy atom. The monoisotopic (exact) mass is 490 g/mol. The summed E-state index contributed by atoms with van der Waals surface area (Å²) in [6.07, 6.45) is -3.41. The quantitative estimate of drug-likeness (QED) is 0.555. The second-order valence-electron chi connectivity index (χ2n) is 6.21. The van der Waals surface area contributed by atoms with Crippen molar-refractivity contribution in [3.05, 3.63) is 57.1 Å². The van der Waals surface area contributed by atoms with E-state index >= 15 is 0 Å². The molecule has 0 aliphatic carbocycles. The summed E-state index contributed by atoms with van der Waals surface area (Å²) in [6, 6.07) is 7.82. The lowest BCUT2D eigenvalue weighted by Crippen LogP contribution is -2.17. The molecule has 0 unspecified atom stereocenters. The lowest BCUT2D eigenvalue weighted by atomic mass is 10.1. The van der Waals surface area contributed by atoms with Crippen molar-refractivity contribution in [2.24, 2.45) is 12.0 Å². The lowest BCUT2D eigenvalue weighted by Gasteiger charge is -2.09. The molecule has 13 heteroatoms. The van der Waals surface area contributed by atoms with Gasteiger partial charge >= 0.3 is 6.18 Å². The Hall–Kier alpha value is -2.57. The van der Waals surface area contributed by atoms with E-state index < -0.39 is 32.6 Å². The van der Waals surface area contributed by atoms with E-state index in [0.717, 1.165) is 4.68 Å². The molecule has 164 valence electrons. The fourth-order valence-corrected chi connectivity index (χ4v) is 4.43. The van der Waals surface area contributed by atoms with Crippen LogP contribution in [0, 0.1) is 0 Å².